The quantitative estimate of drug-likeness (QED) is 0.371. The monoisotopic (exact) mass is 167 g/mol. The van der Waals surface area contributed by atoms with Crippen LogP contribution in [-0.4, -0.2) is 4.92 Å². The highest BCUT2D eigenvalue weighted by molar-refractivity contribution is 5.65. The fourth-order valence-corrected chi connectivity index (χ4v) is 0.933. The molecule has 0 atom stereocenters. The molecular weight excluding hydrogens is 158 g/mol. The lowest BCUT2D eigenvalue weighted by Crippen LogP contribution is -1.98. The molecule has 0 aliphatic rings. The molecule has 4 N–H and O–H groups in total. The Morgan fingerprint density at radius 3 is 2.50 bits per heavy atom. The van der Waals surface area contributed by atoms with Crippen molar-refractivity contribution in [3.05, 3.63) is 27.8 Å². The summed E-state index contributed by atoms with van der Waals surface area (Å²) in [6.07, 6.45) is 0. The van der Waals surface area contributed by atoms with Crippen LogP contribution in [0.2, 0.25) is 0 Å². The van der Waals surface area contributed by atoms with Crippen molar-refractivity contribution >= 4 is 17.1 Å². The summed E-state index contributed by atoms with van der Waals surface area (Å²) in [5.74, 6) is 0. The summed E-state index contributed by atoms with van der Waals surface area (Å²) in [6.45, 7) is 1.59. The van der Waals surface area contributed by atoms with Gasteiger partial charge >= 0.3 is 0 Å². The molecule has 0 aromatic heterocycles. The number of nitro benzene ring substituents is 1. The summed E-state index contributed by atoms with van der Waals surface area (Å²) in [5.41, 5.74) is 11.9. The van der Waals surface area contributed by atoms with Crippen LogP contribution in [0.5, 0.6) is 0 Å². The van der Waals surface area contributed by atoms with Gasteiger partial charge < -0.3 is 11.5 Å². The maximum atomic E-state index is 10.4. The average Bonchev–Trinajstić information content (AvgIpc) is 1.96. The number of hydrogen-bond donors (Lipinski definition) is 2. The first-order valence-electron chi connectivity index (χ1n) is 3.32. The maximum absolute atomic E-state index is 10.4. The van der Waals surface area contributed by atoms with E-state index in [2.05, 4.69) is 0 Å². The molecule has 12 heavy (non-hydrogen) atoms. The van der Waals surface area contributed by atoms with Crippen molar-refractivity contribution in [2.45, 2.75) is 6.92 Å². The molecule has 0 spiro atoms. The summed E-state index contributed by atoms with van der Waals surface area (Å²) in [7, 11) is 0. The first-order chi connectivity index (χ1) is 5.52. The van der Waals surface area contributed by atoms with Crippen molar-refractivity contribution in [1.82, 2.24) is 0 Å². The van der Waals surface area contributed by atoms with Gasteiger partial charge in [0.15, 0.2) is 0 Å². The number of nitro groups is 1. The second-order valence-electron chi connectivity index (χ2n) is 2.51. The van der Waals surface area contributed by atoms with Gasteiger partial charge in [0.1, 0.15) is 0 Å². The highest BCUT2D eigenvalue weighted by atomic mass is 16.6. The van der Waals surface area contributed by atoms with Crippen LogP contribution < -0.4 is 11.5 Å². The van der Waals surface area contributed by atoms with Crippen LogP contribution in [-0.2, 0) is 0 Å². The Hall–Kier alpha value is -1.78. The molecule has 0 radical (unpaired) electrons. The first-order valence-corrected chi connectivity index (χ1v) is 3.32. The minimum absolute atomic E-state index is 0.0347. The van der Waals surface area contributed by atoms with Crippen LogP contribution >= 0.6 is 0 Å². The average molecular weight is 167 g/mol. The molecule has 5 nitrogen and oxygen atoms in total. The summed E-state index contributed by atoms with van der Waals surface area (Å²) >= 11 is 0. The van der Waals surface area contributed by atoms with Crippen LogP contribution in [0.4, 0.5) is 17.1 Å². The summed E-state index contributed by atoms with van der Waals surface area (Å²) in [4.78, 5) is 9.92. The zero-order valence-corrected chi connectivity index (χ0v) is 6.57. The smallest absolute Gasteiger partial charge is 0.276 e. The zero-order chi connectivity index (χ0) is 9.30. The zero-order valence-electron chi connectivity index (χ0n) is 6.57. The second kappa shape index (κ2) is 2.69. The number of nitrogens with zero attached hydrogens (tertiary/aromatic N) is 1. The second-order valence-corrected chi connectivity index (χ2v) is 2.51. The highest BCUT2D eigenvalue weighted by Gasteiger charge is 2.12. The predicted molar refractivity (Wildman–Crippen MR) is 46.7 cm³/mol. The molecule has 0 fully saturated rings. The van der Waals surface area contributed by atoms with Gasteiger partial charge in [0, 0.05) is 23.0 Å². The van der Waals surface area contributed by atoms with Gasteiger partial charge in [-0.05, 0) is 13.0 Å². The minimum Gasteiger partial charge on any atom is -0.398 e. The van der Waals surface area contributed by atoms with Gasteiger partial charge in [-0.1, -0.05) is 0 Å². The van der Waals surface area contributed by atoms with E-state index in [4.69, 9.17) is 11.5 Å². The molecule has 0 aliphatic carbocycles. The van der Waals surface area contributed by atoms with Gasteiger partial charge in [0.2, 0.25) is 0 Å². The van der Waals surface area contributed by atoms with E-state index in [1.54, 1.807) is 6.92 Å². The van der Waals surface area contributed by atoms with Crippen molar-refractivity contribution in [3.63, 3.8) is 0 Å². The van der Waals surface area contributed by atoms with Crippen LogP contribution in [0.25, 0.3) is 0 Å². The van der Waals surface area contributed by atoms with E-state index in [0.717, 1.165) is 0 Å². The summed E-state index contributed by atoms with van der Waals surface area (Å²) in [6, 6.07) is 2.80. The molecule has 1 aromatic carbocycles. The van der Waals surface area contributed by atoms with Gasteiger partial charge in [0.25, 0.3) is 5.69 Å². The van der Waals surface area contributed by atoms with Crippen molar-refractivity contribution < 1.29 is 4.92 Å². The van der Waals surface area contributed by atoms with Crippen molar-refractivity contribution in [2.75, 3.05) is 11.5 Å². The Kier molecular flexibility index (Phi) is 1.86. The van der Waals surface area contributed by atoms with E-state index in [0.29, 0.717) is 16.9 Å². The largest absolute Gasteiger partial charge is 0.398 e. The van der Waals surface area contributed by atoms with Crippen molar-refractivity contribution in [2.24, 2.45) is 0 Å². The van der Waals surface area contributed by atoms with E-state index < -0.39 is 4.92 Å². The maximum Gasteiger partial charge on any atom is 0.276 e. The van der Waals surface area contributed by atoms with Gasteiger partial charge in [-0.15, -0.1) is 0 Å². The topological polar surface area (TPSA) is 95.2 Å². The van der Waals surface area contributed by atoms with Crippen molar-refractivity contribution in [3.8, 4) is 0 Å². The van der Waals surface area contributed by atoms with E-state index in [1.807, 2.05) is 0 Å². The molecule has 5 heteroatoms. The normalized spacial score (nSPS) is 9.75. The fourth-order valence-electron chi connectivity index (χ4n) is 0.933. The lowest BCUT2D eigenvalue weighted by molar-refractivity contribution is -0.385. The number of nitrogens with two attached hydrogens (primary N) is 2. The van der Waals surface area contributed by atoms with E-state index in [9.17, 15) is 10.1 Å². The number of rotatable bonds is 1. The molecule has 0 unspecified atom stereocenters. The Bertz CT molecular complexity index is 336. The SMILES string of the molecule is Cc1c(N)cc(N)cc1[N+](=O)[O-]. The Labute approximate surface area is 69.1 Å². The Morgan fingerprint density at radius 2 is 2.00 bits per heavy atom. The molecule has 0 saturated heterocycles. The lowest BCUT2D eigenvalue weighted by Gasteiger charge is -2.02. The van der Waals surface area contributed by atoms with Crippen LogP contribution in [0.1, 0.15) is 5.56 Å². The Morgan fingerprint density at radius 1 is 1.42 bits per heavy atom. The minimum atomic E-state index is -0.498. The van der Waals surface area contributed by atoms with E-state index in [1.165, 1.54) is 12.1 Å². The molecule has 64 valence electrons. The number of anilines is 2. The van der Waals surface area contributed by atoms with Crippen LogP contribution in [0.3, 0.4) is 0 Å². The molecular formula is C7H9N3O2. The lowest BCUT2D eigenvalue weighted by atomic mass is 10.1. The number of benzene rings is 1. The molecule has 0 saturated carbocycles. The highest BCUT2D eigenvalue weighted by Crippen LogP contribution is 2.26. The third-order valence-corrected chi connectivity index (χ3v) is 1.64. The third-order valence-electron chi connectivity index (χ3n) is 1.64. The molecule has 0 bridgehead atoms. The van der Waals surface area contributed by atoms with Gasteiger partial charge in [0.05, 0.1) is 4.92 Å². The van der Waals surface area contributed by atoms with Crippen molar-refractivity contribution in [1.29, 1.82) is 0 Å². The van der Waals surface area contributed by atoms with Gasteiger partial charge in [-0.3, -0.25) is 10.1 Å². The van der Waals surface area contributed by atoms with Gasteiger partial charge in [-0.25, -0.2) is 0 Å². The van der Waals surface area contributed by atoms with E-state index in [-0.39, 0.29) is 5.69 Å². The van der Waals surface area contributed by atoms with E-state index >= 15 is 0 Å². The summed E-state index contributed by atoms with van der Waals surface area (Å²) in [5, 5.41) is 10.4. The molecule has 0 amide bonds. The number of hydrogen-bond acceptors (Lipinski definition) is 4. The fraction of sp³-hybridized carbons (Fsp3) is 0.143. The summed E-state index contributed by atoms with van der Waals surface area (Å²) < 4.78 is 0. The van der Waals surface area contributed by atoms with Gasteiger partial charge in [-0.2, -0.15) is 0 Å². The first kappa shape index (κ1) is 8.32. The standard InChI is InChI=1S/C7H9N3O2/c1-4-6(9)2-5(8)3-7(4)10(11)12/h2-3H,8-9H2,1H3. The predicted octanol–water partition coefficient (Wildman–Crippen LogP) is 1.07. The number of nitrogen functional groups attached to an aromatic ring is 2. The van der Waals surface area contributed by atoms with Crippen LogP contribution in [0, 0.1) is 17.0 Å². The molecule has 1 aromatic rings. The molecule has 0 aliphatic heterocycles. The van der Waals surface area contributed by atoms with Crippen LogP contribution in [0.15, 0.2) is 12.1 Å². The Balaban J connectivity index is 3.37. The third kappa shape index (κ3) is 1.29. The molecule has 1 rings (SSSR count). The molecule has 0 heterocycles.